The number of hydrogen-bond acceptors (Lipinski definition) is 4. The number of fused-ring (bicyclic) bond motifs is 1. The molecule has 2 aromatic rings. The predicted molar refractivity (Wildman–Crippen MR) is 89.9 cm³/mol. The van der Waals surface area contributed by atoms with E-state index >= 15 is 0 Å². The van der Waals surface area contributed by atoms with E-state index in [1.54, 1.807) is 30.6 Å². The molecule has 3 rings (SSSR count). The van der Waals surface area contributed by atoms with Crippen molar-refractivity contribution >= 4 is 17.1 Å². The Balaban J connectivity index is 1.95. The molecular weight excluding hydrogens is 310 g/mol. The van der Waals surface area contributed by atoms with Gasteiger partial charge in [0, 0.05) is 27.2 Å². The summed E-state index contributed by atoms with van der Waals surface area (Å²) >= 11 is 0. The first kappa shape index (κ1) is 16.5. The van der Waals surface area contributed by atoms with Crippen LogP contribution in [0, 0.1) is 0 Å². The number of amides is 1. The van der Waals surface area contributed by atoms with Crippen molar-refractivity contribution in [3.63, 3.8) is 0 Å². The Morgan fingerprint density at radius 2 is 1.92 bits per heavy atom. The molecule has 1 aliphatic carbocycles. The first-order valence-corrected chi connectivity index (χ1v) is 8.28. The molecule has 0 spiro atoms. The molecule has 130 valence electrons. The average molecular weight is 333 g/mol. The van der Waals surface area contributed by atoms with Crippen molar-refractivity contribution in [3.8, 4) is 0 Å². The zero-order valence-electron chi connectivity index (χ0n) is 14.4. The summed E-state index contributed by atoms with van der Waals surface area (Å²) in [5, 5.41) is 0. The van der Waals surface area contributed by atoms with Crippen LogP contribution in [0.4, 0.5) is 0 Å². The molecule has 2 heterocycles. The molecule has 1 fully saturated rings. The van der Waals surface area contributed by atoms with Gasteiger partial charge in [-0.15, -0.1) is 0 Å². The molecule has 0 bridgehead atoms. The van der Waals surface area contributed by atoms with Gasteiger partial charge in [0.25, 0.3) is 5.56 Å². The molecule has 2 aromatic heterocycles. The Kier molecular flexibility index (Phi) is 4.29. The van der Waals surface area contributed by atoms with E-state index in [0.29, 0.717) is 11.2 Å². The fourth-order valence-electron chi connectivity index (χ4n) is 3.45. The highest BCUT2D eigenvalue weighted by Crippen LogP contribution is 2.21. The Labute approximate surface area is 139 Å². The van der Waals surface area contributed by atoms with Gasteiger partial charge in [0.2, 0.25) is 5.91 Å². The van der Waals surface area contributed by atoms with Gasteiger partial charge in [0.05, 0.1) is 6.33 Å². The smallest absolute Gasteiger partial charge is 0.332 e. The van der Waals surface area contributed by atoms with Crippen LogP contribution in [0.15, 0.2) is 15.9 Å². The topological polar surface area (TPSA) is 82.1 Å². The summed E-state index contributed by atoms with van der Waals surface area (Å²) in [6, 6.07) is 0.200. The number of hydrogen-bond donors (Lipinski definition) is 0. The van der Waals surface area contributed by atoms with E-state index in [0.717, 1.165) is 30.3 Å². The first-order valence-electron chi connectivity index (χ1n) is 8.28. The molecule has 0 radical (unpaired) electrons. The van der Waals surface area contributed by atoms with Crippen molar-refractivity contribution in [1.29, 1.82) is 0 Å². The molecule has 1 amide bonds. The predicted octanol–water partition coefficient (Wildman–Crippen LogP) is 0.225. The van der Waals surface area contributed by atoms with Crippen molar-refractivity contribution in [2.75, 3.05) is 7.05 Å². The van der Waals surface area contributed by atoms with Crippen LogP contribution < -0.4 is 11.2 Å². The first-order chi connectivity index (χ1) is 11.4. The average Bonchev–Trinajstić information content (AvgIpc) is 2.98. The zero-order valence-corrected chi connectivity index (χ0v) is 14.4. The number of likely N-dealkylation sites (N-methyl/N-ethyl adjacent to an activating group) is 1. The van der Waals surface area contributed by atoms with Crippen molar-refractivity contribution in [2.45, 2.75) is 44.7 Å². The largest absolute Gasteiger partial charge is 0.341 e. The number of aryl methyl sites for hydroxylation is 2. The van der Waals surface area contributed by atoms with Gasteiger partial charge in [0.15, 0.2) is 11.2 Å². The van der Waals surface area contributed by atoms with Gasteiger partial charge in [-0.2, -0.15) is 0 Å². The zero-order chi connectivity index (χ0) is 17.4. The van der Waals surface area contributed by atoms with Crippen LogP contribution in [0.2, 0.25) is 0 Å². The van der Waals surface area contributed by atoms with Crippen molar-refractivity contribution in [3.05, 3.63) is 27.2 Å². The quantitative estimate of drug-likeness (QED) is 0.805. The van der Waals surface area contributed by atoms with Crippen LogP contribution in [0.1, 0.15) is 32.1 Å². The lowest BCUT2D eigenvalue weighted by Gasteiger charge is -2.31. The number of carbonyl (C=O) groups excluding carboxylic acids is 1. The monoisotopic (exact) mass is 333 g/mol. The molecule has 8 nitrogen and oxygen atoms in total. The minimum absolute atomic E-state index is 0.200. The van der Waals surface area contributed by atoms with Gasteiger partial charge in [-0.05, 0) is 12.8 Å². The Morgan fingerprint density at radius 1 is 1.25 bits per heavy atom. The van der Waals surface area contributed by atoms with E-state index in [-0.39, 0.29) is 18.5 Å². The Bertz CT molecular complexity index is 885. The van der Waals surface area contributed by atoms with Crippen LogP contribution in [0.25, 0.3) is 11.2 Å². The van der Waals surface area contributed by atoms with E-state index in [2.05, 4.69) is 4.98 Å². The fraction of sp³-hybridized carbons (Fsp3) is 0.625. The van der Waals surface area contributed by atoms with Crippen molar-refractivity contribution in [1.82, 2.24) is 23.6 Å². The summed E-state index contributed by atoms with van der Waals surface area (Å²) in [4.78, 5) is 43.4. The van der Waals surface area contributed by atoms with E-state index < -0.39 is 11.2 Å². The van der Waals surface area contributed by atoms with E-state index in [4.69, 9.17) is 0 Å². The molecule has 1 saturated carbocycles. The van der Waals surface area contributed by atoms with Gasteiger partial charge < -0.3 is 9.47 Å². The van der Waals surface area contributed by atoms with Crippen molar-refractivity contribution in [2.24, 2.45) is 14.1 Å². The third-order valence-electron chi connectivity index (χ3n) is 5.01. The lowest BCUT2D eigenvalue weighted by Crippen LogP contribution is -2.46. The molecule has 0 unspecified atom stereocenters. The minimum Gasteiger partial charge on any atom is -0.341 e. The molecule has 8 heteroatoms. The normalized spacial score (nSPS) is 15.8. The third-order valence-corrected chi connectivity index (χ3v) is 5.01. The summed E-state index contributed by atoms with van der Waals surface area (Å²) < 4.78 is 3.89. The molecule has 24 heavy (non-hydrogen) atoms. The molecule has 0 N–H and O–H groups in total. The second kappa shape index (κ2) is 6.26. The maximum Gasteiger partial charge on any atom is 0.332 e. The minimum atomic E-state index is -0.517. The van der Waals surface area contributed by atoms with Crippen LogP contribution in [0.3, 0.4) is 0 Å². The highest BCUT2D eigenvalue weighted by molar-refractivity contribution is 5.77. The van der Waals surface area contributed by atoms with E-state index in [1.807, 2.05) is 0 Å². The summed E-state index contributed by atoms with van der Waals surface area (Å²) in [7, 11) is 5.01. The second-order valence-electron chi connectivity index (χ2n) is 6.56. The second-order valence-corrected chi connectivity index (χ2v) is 6.56. The lowest BCUT2D eigenvalue weighted by atomic mass is 9.94. The van der Waals surface area contributed by atoms with Crippen LogP contribution in [-0.2, 0) is 25.4 Å². The Morgan fingerprint density at radius 3 is 2.58 bits per heavy atom. The number of nitrogens with zero attached hydrogens (tertiary/aromatic N) is 5. The standard InChI is InChI=1S/C16H23N5O3/c1-18-10-17-14-13(18)15(23)21(16(24)20(14)3)9-12(22)19(2)11-7-5-4-6-8-11/h10-11H,4-9H2,1-3H3. The van der Waals surface area contributed by atoms with Gasteiger partial charge in [-0.1, -0.05) is 19.3 Å². The maximum atomic E-state index is 12.6. The van der Waals surface area contributed by atoms with Gasteiger partial charge in [-0.25, -0.2) is 14.3 Å². The number of rotatable bonds is 3. The van der Waals surface area contributed by atoms with Crippen LogP contribution >= 0.6 is 0 Å². The number of aromatic nitrogens is 4. The summed E-state index contributed by atoms with van der Waals surface area (Å²) in [6.45, 7) is -0.236. The summed E-state index contributed by atoms with van der Waals surface area (Å²) in [5.41, 5.74) is -0.336. The van der Waals surface area contributed by atoms with Crippen molar-refractivity contribution < 1.29 is 4.79 Å². The van der Waals surface area contributed by atoms with Gasteiger partial charge >= 0.3 is 5.69 Å². The van der Waals surface area contributed by atoms with Gasteiger partial charge in [-0.3, -0.25) is 14.2 Å². The summed E-state index contributed by atoms with van der Waals surface area (Å²) in [6.07, 6.45) is 6.89. The number of imidazole rings is 1. The summed E-state index contributed by atoms with van der Waals surface area (Å²) in [5.74, 6) is -0.206. The molecule has 0 aromatic carbocycles. The maximum absolute atomic E-state index is 12.6. The number of carbonyl (C=O) groups is 1. The molecule has 0 aliphatic heterocycles. The van der Waals surface area contributed by atoms with E-state index in [9.17, 15) is 14.4 Å². The highest BCUT2D eigenvalue weighted by Gasteiger charge is 2.24. The van der Waals surface area contributed by atoms with Crippen LogP contribution in [-0.4, -0.2) is 42.6 Å². The van der Waals surface area contributed by atoms with Gasteiger partial charge in [0.1, 0.15) is 6.54 Å². The SMILES string of the molecule is CN(C(=O)Cn1c(=O)c2c(ncn2C)n(C)c1=O)C1CCCCC1. The fourth-order valence-corrected chi connectivity index (χ4v) is 3.45. The molecule has 0 saturated heterocycles. The molecular formula is C16H23N5O3. The molecule has 0 atom stereocenters. The molecule has 1 aliphatic rings. The Hall–Kier alpha value is -2.38. The highest BCUT2D eigenvalue weighted by atomic mass is 16.2. The van der Waals surface area contributed by atoms with Crippen LogP contribution in [0.5, 0.6) is 0 Å². The third kappa shape index (κ3) is 2.65. The lowest BCUT2D eigenvalue weighted by molar-refractivity contribution is -0.133. The van der Waals surface area contributed by atoms with E-state index in [1.165, 1.54) is 17.3 Å².